The number of hydrogen-bond donors (Lipinski definition) is 1. The second kappa shape index (κ2) is 5.86. The van der Waals surface area contributed by atoms with Crippen LogP contribution in [-0.4, -0.2) is 27.8 Å². The minimum atomic E-state index is -1.25. The molecule has 0 saturated heterocycles. The van der Waals surface area contributed by atoms with Gasteiger partial charge in [0.15, 0.2) is 17.5 Å². The molecule has 1 heterocycles. The second-order valence-electron chi connectivity index (χ2n) is 4.45. The maximum absolute atomic E-state index is 14.0. The summed E-state index contributed by atoms with van der Waals surface area (Å²) < 4.78 is 33.8. The van der Waals surface area contributed by atoms with Crippen molar-refractivity contribution < 1.29 is 18.3 Å². The SMILES string of the molecule is COC(=O)c1ccc(NC(C)c2nncn2C)c(F)c1F. The Morgan fingerprint density at radius 3 is 2.67 bits per heavy atom. The molecule has 6 nitrogen and oxygen atoms in total. The molecule has 21 heavy (non-hydrogen) atoms. The van der Waals surface area contributed by atoms with Crippen LogP contribution in [0.4, 0.5) is 14.5 Å². The van der Waals surface area contributed by atoms with Gasteiger partial charge in [0.2, 0.25) is 0 Å². The van der Waals surface area contributed by atoms with Crippen LogP contribution in [0.3, 0.4) is 0 Å². The molecule has 112 valence electrons. The summed E-state index contributed by atoms with van der Waals surface area (Å²) in [6, 6.07) is 2.04. The number of hydrogen-bond acceptors (Lipinski definition) is 5. The van der Waals surface area contributed by atoms with Gasteiger partial charge >= 0.3 is 5.97 Å². The van der Waals surface area contributed by atoms with Crippen molar-refractivity contribution in [2.75, 3.05) is 12.4 Å². The Morgan fingerprint density at radius 1 is 1.38 bits per heavy atom. The Labute approximate surface area is 119 Å². The lowest BCUT2D eigenvalue weighted by molar-refractivity contribution is 0.0594. The first-order valence-corrected chi connectivity index (χ1v) is 6.12. The molecule has 0 bridgehead atoms. The fraction of sp³-hybridized carbons (Fsp3) is 0.308. The molecule has 2 rings (SSSR count). The number of esters is 1. The fourth-order valence-electron chi connectivity index (χ4n) is 1.91. The largest absolute Gasteiger partial charge is 0.465 e. The zero-order valence-corrected chi connectivity index (χ0v) is 11.7. The first kappa shape index (κ1) is 14.9. The van der Waals surface area contributed by atoms with Crippen molar-refractivity contribution in [1.82, 2.24) is 14.8 Å². The quantitative estimate of drug-likeness (QED) is 0.875. The molecule has 0 radical (unpaired) electrons. The molecular formula is C13H14F2N4O2. The van der Waals surface area contributed by atoms with Crippen LogP contribution in [0.5, 0.6) is 0 Å². The van der Waals surface area contributed by atoms with Crippen LogP contribution in [0.15, 0.2) is 18.5 Å². The summed E-state index contributed by atoms with van der Waals surface area (Å²) in [6.07, 6.45) is 1.50. The Bertz CT molecular complexity index is 672. The second-order valence-corrected chi connectivity index (χ2v) is 4.45. The molecule has 0 amide bonds. The highest BCUT2D eigenvalue weighted by Crippen LogP contribution is 2.24. The van der Waals surface area contributed by atoms with Gasteiger partial charge in [0.25, 0.3) is 0 Å². The Balaban J connectivity index is 2.28. The van der Waals surface area contributed by atoms with Crippen molar-refractivity contribution in [3.05, 3.63) is 41.5 Å². The number of carbonyl (C=O) groups is 1. The number of halogens is 2. The van der Waals surface area contributed by atoms with Gasteiger partial charge in [0, 0.05) is 7.05 Å². The van der Waals surface area contributed by atoms with Crippen molar-refractivity contribution in [2.45, 2.75) is 13.0 Å². The molecule has 1 aromatic carbocycles. The first-order valence-electron chi connectivity index (χ1n) is 6.12. The molecule has 0 aliphatic carbocycles. The predicted octanol–water partition coefficient (Wildman–Crippen LogP) is 2.05. The molecule has 1 atom stereocenters. The third-order valence-corrected chi connectivity index (χ3v) is 2.99. The maximum atomic E-state index is 14.0. The number of anilines is 1. The van der Waals surface area contributed by atoms with Crippen LogP contribution >= 0.6 is 0 Å². The van der Waals surface area contributed by atoms with E-state index in [0.717, 1.165) is 13.2 Å². The Hall–Kier alpha value is -2.51. The van der Waals surface area contributed by atoms with E-state index in [1.54, 1.807) is 18.5 Å². The van der Waals surface area contributed by atoms with Crippen LogP contribution < -0.4 is 5.32 Å². The molecule has 1 aromatic heterocycles. The molecule has 2 aromatic rings. The summed E-state index contributed by atoms with van der Waals surface area (Å²) in [5, 5.41) is 10.4. The monoisotopic (exact) mass is 296 g/mol. The van der Waals surface area contributed by atoms with Crippen molar-refractivity contribution in [3.63, 3.8) is 0 Å². The molecular weight excluding hydrogens is 282 g/mol. The molecule has 0 aliphatic rings. The summed E-state index contributed by atoms with van der Waals surface area (Å²) in [6.45, 7) is 1.73. The van der Waals surface area contributed by atoms with E-state index in [4.69, 9.17) is 0 Å². The van der Waals surface area contributed by atoms with Gasteiger partial charge in [-0.1, -0.05) is 0 Å². The molecule has 0 fully saturated rings. The lowest BCUT2D eigenvalue weighted by atomic mass is 10.1. The third kappa shape index (κ3) is 2.83. The molecule has 1 unspecified atom stereocenters. The molecule has 1 N–H and O–H groups in total. The topological polar surface area (TPSA) is 69.0 Å². The Kier molecular flexibility index (Phi) is 4.15. The lowest BCUT2D eigenvalue weighted by Crippen LogP contribution is -2.14. The summed E-state index contributed by atoms with van der Waals surface area (Å²) in [4.78, 5) is 11.3. The average Bonchev–Trinajstić information content (AvgIpc) is 2.89. The average molecular weight is 296 g/mol. The van der Waals surface area contributed by atoms with E-state index in [1.165, 1.54) is 12.4 Å². The van der Waals surface area contributed by atoms with E-state index in [1.807, 2.05) is 0 Å². The van der Waals surface area contributed by atoms with Gasteiger partial charge in [-0.15, -0.1) is 10.2 Å². The number of rotatable bonds is 4. The zero-order chi connectivity index (χ0) is 15.6. The summed E-state index contributed by atoms with van der Waals surface area (Å²) in [5.74, 6) is -2.77. The van der Waals surface area contributed by atoms with Gasteiger partial charge in [0.05, 0.1) is 24.4 Å². The highest BCUT2D eigenvalue weighted by Gasteiger charge is 2.21. The molecule has 0 aliphatic heterocycles. The summed E-state index contributed by atoms with van der Waals surface area (Å²) >= 11 is 0. The first-order chi connectivity index (χ1) is 9.95. The van der Waals surface area contributed by atoms with E-state index in [9.17, 15) is 13.6 Å². The number of carbonyl (C=O) groups excluding carboxylic acids is 1. The standard InChI is InChI=1S/C13H14F2N4O2/c1-7(12-18-16-6-19(12)2)17-9-5-4-8(13(20)21-3)10(14)11(9)15/h4-7,17H,1-3H3. The van der Waals surface area contributed by atoms with E-state index in [2.05, 4.69) is 20.3 Å². The van der Waals surface area contributed by atoms with Crippen LogP contribution in [0.1, 0.15) is 29.1 Å². The smallest absolute Gasteiger partial charge is 0.340 e. The minimum absolute atomic E-state index is 0.0735. The number of benzene rings is 1. The van der Waals surface area contributed by atoms with Crippen LogP contribution in [-0.2, 0) is 11.8 Å². The fourth-order valence-corrected chi connectivity index (χ4v) is 1.91. The van der Waals surface area contributed by atoms with Crippen LogP contribution in [0, 0.1) is 11.6 Å². The van der Waals surface area contributed by atoms with E-state index >= 15 is 0 Å². The van der Waals surface area contributed by atoms with Gasteiger partial charge < -0.3 is 14.6 Å². The van der Waals surface area contributed by atoms with Gasteiger partial charge in [0.1, 0.15) is 6.33 Å². The molecule has 8 heteroatoms. The van der Waals surface area contributed by atoms with Gasteiger partial charge in [-0.05, 0) is 19.1 Å². The minimum Gasteiger partial charge on any atom is -0.465 e. The highest BCUT2D eigenvalue weighted by atomic mass is 19.2. The van der Waals surface area contributed by atoms with Crippen LogP contribution in [0.2, 0.25) is 0 Å². The van der Waals surface area contributed by atoms with Crippen molar-refractivity contribution in [2.24, 2.45) is 7.05 Å². The summed E-state index contributed by atoms with van der Waals surface area (Å²) in [7, 11) is 2.84. The van der Waals surface area contributed by atoms with Crippen LogP contribution in [0.25, 0.3) is 0 Å². The van der Waals surface area contributed by atoms with Gasteiger partial charge in [-0.2, -0.15) is 0 Å². The van der Waals surface area contributed by atoms with E-state index < -0.39 is 29.2 Å². The zero-order valence-electron chi connectivity index (χ0n) is 11.7. The number of aryl methyl sites for hydroxylation is 1. The van der Waals surface area contributed by atoms with Gasteiger partial charge in [-0.3, -0.25) is 0 Å². The van der Waals surface area contributed by atoms with E-state index in [0.29, 0.717) is 5.82 Å². The predicted molar refractivity (Wildman–Crippen MR) is 70.7 cm³/mol. The normalized spacial score (nSPS) is 12.0. The number of ether oxygens (including phenoxy) is 1. The molecule has 0 saturated carbocycles. The third-order valence-electron chi connectivity index (χ3n) is 2.99. The number of methoxy groups -OCH3 is 1. The van der Waals surface area contributed by atoms with E-state index in [-0.39, 0.29) is 5.69 Å². The summed E-state index contributed by atoms with van der Waals surface area (Å²) in [5.41, 5.74) is -0.525. The van der Waals surface area contributed by atoms with Crippen molar-refractivity contribution >= 4 is 11.7 Å². The number of nitrogens with zero attached hydrogens (tertiary/aromatic N) is 3. The Morgan fingerprint density at radius 2 is 2.10 bits per heavy atom. The lowest BCUT2D eigenvalue weighted by Gasteiger charge is -2.15. The molecule has 0 spiro atoms. The number of aromatic nitrogens is 3. The highest BCUT2D eigenvalue weighted by molar-refractivity contribution is 5.90. The van der Waals surface area contributed by atoms with Crippen molar-refractivity contribution in [3.8, 4) is 0 Å². The maximum Gasteiger partial charge on any atom is 0.340 e. The van der Waals surface area contributed by atoms with Gasteiger partial charge in [-0.25, -0.2) is 13.6 Å². The van der Waals surface area contributed by atoms with Crippen molar-refractivity contribution in [1.29, 1.82) is 0 Å². The number of nitrogens with one attached hydrogen (secondary N) is 1.